The van der Waals surface area contributed by atoms with E-state index in [1.165, 1.54) is 0 Å². The van der Waals surface area contributed by atoms with Gasteiger partial charge in [-0.3, -0.25) is 0 Å². The van der Waals surface area contributed by atoms with Crippen LogP contribution in [-0.4, -0.2) is 20.3 Å². The van der Waals surface area contributed by atoms with Crippen molar-refractivity contribution in [1.82, 2.24) is 0 Å². The van der Waals surface area contributed by atoms with Crippen molar-refractivity contribution in [3.05, 3.63) is 17.7 Å². The van der Waals surface area contributed by atoms with Gasteiger partial charge >= 0.3 is 0 Å². The van der Waals surface area contributed by atoms with Gasteiger partial charge in [-0.2, -0.15) is 0 Å². The quantitative estimate of drug-likeness (QED) is 0.798. The molecule has 0 atom stereocenters. The first kappa shape index (κ1) is 10.1. The van der Waals surface area contributed by atoms with Crippen molar-refractivity contribution < 1.29 is 14.2 Å². The molecule has 1 aliphatic heterocycles. The first-order valence-corrected chi connectivity index (χ1v) is 5.01. The monoisotopic (exact) mass is 209 g/mol. The van der Waals surface area contributed by atoms with Crippen molar-refractivity contribution in [1.29, 1.82) is 0 Å². The normalized spacial score (nSPS) is 14.5. The molecule has 0 spiro atoms. The molecule has 2 N–H and O–H groups in total. The van der Waals surface area contributed by atoms with Crippen LogP contribution >= 0.6 is 0 Å². The first-order chi connectivity index (χ1) is 7.35. The van der Waals surface area contributed by atoms with Gasteiger partial charge in [0, 0.05) is 24.6 Å². The molecule has 0 aromatic heterocycles. The molecule has 1 aromatic rings. The molecule has 0 fully saturated rings. The van der Waals surface area contributed by atoms with E-state index < -0.39 is 0 Å². The summed E-state index contributed by atoms with van der Waals surface area (Å²) in [7, 11) is 1.62. The summed E-state index contributed by atoms with van der Waals surface area (Å²) in [5, 5.41) is 0. The third-order valence-corrected chi connectivity index (χ3v) is 2.37. The SMILES string of the molecule is COc1cc2c(cc1CN)OCCCO2. The molecule has 4 nitrogen and oxygen atoms in total. The highest BCUT2D eigenvalue weighted by molar-refractivity contribution is 5.50. The molecular weight excluding hydrogens is 194 g/mol. The summed E-state index contributed by atoms with van der Waals surface area (Å²) in [5.74, 6) is 2.25. The Hall–Kier alpha value is -1.42. The summed E-state index contributed by atoms with van der Waals surface area (Å²) >= 11 is 0. The van der Waals surface area contributed by atoms with Crippen LogP contribution in [0.3, 0.4) is 0 Å². The molecule has 4 heteroatoms. The smallest absolute Gasteiger partial charge is 0.164 e. The van der Waals surface area contributed by atoms with Gasteiger partial charge < -0.3 is 19.9 Å². The van der Waals surface area contributed by atoms with Crippen LogP contribution < -0.4 is 19.9 Å². The van der Waals surface area contributed by atoms with Crippen LogP contribution in [0.25, 0.3) is 0 Å². The van der Waals surface area contributed by atoms with E-state index >= 15 is 0 Å². The summed E-state index contributed by atoms with van der Waals surface area (Å²) in [5.41, 5.74) is 6.55. The Balaban J connectivity index is 2.41. The molecule has 1 aromatic carbocycles. The average molecular weight is 209 g/mol. The Bertz CT molecular complexity index is 319. The lowest BCUT2D eigenvalue weighted by Gasteiger charge is -2.12. The lowest BCUT2D eigenvalue weighted by Crippen LogP contribution is -2.01. The number of hydrogen-bond acceptors (Lipinski definition) is 4. The van der Waals surface area contributed by atoms with Gasteiger partial charge in [-0.05, 0) is 6.07 Å². The Labute approximate surface area is 88.9 Å². The third kappa shape index (κ3) is 1.99. The van der Waals surface area contributed by atoms with Crippen molar-refractivity contribution in [2.75, 3.05) is 20.3 Å². The van der Waals surface area contributed by atoms with E-state index in [1.807, 2.05) is 12.1 Å². The van der Waals surface area contributed by atoms with Crippen LogP contribution in [-0.2, 0) is 6.54 Å². The van der Waals surface area contributed by atoms with Crippen LogP contribution in [0.4, 0.5) is 0 Å². The minimum absolute atomic E-state index is 0.430. The molecule has 0 saturated carbocycles. The predicted octanol–water partition coefficient (Wildman–Crippen LogP) is 1.32. The summed E-state index contributed by atoms with van der Waals surface area (Å²) in [6.45, 7) is 1.79. The second kappa shape index (κ2) is 4.40. The highest BCUT2D eigenvalue weighted by Crippen LogP contribution is 2.36. The fraction of sp³-hybridized carbons (Fsp3) is 0.455. The van der Waals surface area contributed by atoms with E-state index in [2.05, 4.69) is 0 Å². The van der Waals surface area contributed by atoms with Gasteiger partial charge in [0.15, 0.2) is 11.5 Å². The molecule has 1 aliphatic rings. The highest BCUT2D eigenvalue weighted by atomic mass is 16.5. The fourth-order valence-electron chi connectivity index (χ4n) is 1.58. The molecule has 0 amide bonds. The number of fused-ring (bicyclic) bond motifs is 1. The second-order valence-electron chi connectivity index (χ2n) is 3.37. The fourth-order valence-corrected chi connectivity index (χ4v) is 1.58. The van der Waals surface area contributed by atoms with Crippen molar-refractivity contribution in [2.24, 2.45) is 5.73 Å². The van der Waals surface area contributed by atoms with E-state index in [9.17, 15) is 0 Å². The number of benzene rings is 1. The molecule has 0 saturated heterocycles. The maximum Gasteiger partial charge on any atom is 0.164 e. The molecular formula is C11H15NO3. The second-order valence-corrected chi connectivity index (χ2v) is 3.37. The van der Waals surface area contributed by atoms with Gasteiger partial charge in [0.25, 0.3) is 0 Å². The number of rotatable bonds is 2. The van der Waals surface area contributed by atoms with E-state index in [1.54, 1.807) is 7.11 Å². The number of ether oxygens (including phenoxy) is 3. The molecule has 0 radical (unpaired) electrons. The first-order valence-electron chi connectivity index (χ1n) is 5.01. The van der Waals surface area contributed by atoms with E-state index in [0.29, 0.717) is 19.8 Å². The largest absolute Gasteiger partial charge is 0.496 e. The highest BCUT2D eigenvalue weighted by Gasteiger charge is 2.14. The topological polar surface area (TPSA) is 53.7 Å². The van der Waals surface area contributed by atoms with Gasteiger partial charge in [0.1, 0.15) is 5.75 Å². The number of methoxy groups -OCH3 is 1. The minimum Gasteiger partial charge on any atom is -0.496 e. The molecule has 1 heterocycles. The summed E-state index contributed by atoms with van der Waals surface area (Å²) in [4.78, 5) is 0. The summed E-state index contributed by atoms with van der Waals surface area (Å²) in [6.07, 6.45) is 0.898. The van der Waals surface area contributed by atoms with Crippen molar-refractivity contribution in [3.63, 3.8) is 0 Å². The van der Waals surface area contributed by atoms with Crippen LogP contribution in [0.5, 0.6) is 17.2 Å². The van der Waals surface area contributed by atoms with Gasteiger partial charge in [0.05, 0.1) is 20.3 Å². The Kier molecular flexibility index (Phi) is 2.97. The molecule has 2 rings (SSSR count). The van der Waals surface area contributed by atoms with Gasteiger partial charge in [-0.1, -0.05) is 0 Å². The Morgan fingerprint density at radius 2 is 1.93 bits per heavy atom. The molecule has 0 aliphatic carbocycles. The minimum atomic E-state index is 0.430. The number of hydrogen-bond donors (Lipinski definition) is 1. The van der Waals surface area contributed by atoms with Crippen molar-refractivity contribution in [2.45, 2.75) is 13.0 Å². The maximum atomic E-state index is 5.62. The van der Waals surface area contributed by atoms with Crippen molar-refractivity contribution in [3.8, 4) is 17.2 Å². The summed E-state index contributed by atoms with van der Waals surface area (Å²) in [6, 6.07) is 3.72. The summed E-state index contributed by atoms with van der Waals surface area (Å²) < 4.78 is 16.3. The van der Waals surface area contributed by atoms with Gasteiger partial charge in [0.2, 0.25) is 0 Å². The zero-order valence-electron chi connectivity index (χ0n) is 8.79. The lowest BCUT2D eigenvalue weighted by molar-refractivity contribution is 0.296. The van der Waals surface area contributed by atoms with Crippen LogP contribution in [0.2, 0.25) is 0 Å². The maximum absolute atomic E-state index is 5.62. The Morgan fingerprint density at radius 1 is 1.27 bits per heavy atom. The van der Waals surface area contributed by atoms with Crippen LogP contribution in [0.1, 0.15) is 12.0 Å². The van der Waals surface area contributed by atoms with E-state index in [4.69, 9.17) is 19.9 Å². The van der Waals surface area contributed by atoms with Crippen molar-refractivity contribution >= 4 is 0 Å². The lowest BCUT2D eigenvalue weighted by atomic mass is 10.1. The molecule has 15 heavy (non-hydrogen) atoms. The molecule has 82 valence electrons. The van der Waals surface area contributed by atoms with E-state index in [0.717, 1.165) is 29.2 Å². The zero-order chi connectivity index (χ0) is 10.7. The van der Waals surface area contributed by atoms with Gasteiger partial charge in [-0.15, -0.1) is 0 Å². The average Bonchev–Trinajstić information content (AvgIpc) is 2.51. The zero-order valence-corrected chi connectivity index (χ0v) is 8.79. The van der Waals surface area contributed by atoms with Crippen LogP contribution in [0, 0.1) is 0 Å². The Morgan fingerprint density at radius 3 is 2.53 bits per heavy atom. The number of nitrogens with two attached hydrogens (primary N) is 1. The predicted molar refractivity (Wildman–Crippen MR) is 56.5 cm³/mol. The van der Waals surface area contributed by atoms with E-state index in [-0.39, 0.29) is 0 Å². The van der Waals surface area contributed by atoms with Crippen LogP contribution in [0.15, 0.2) is 12.1 Å². The standard InChI is InChI=1S/C11H15NO3/c1-13-9-6-11-10(5-8(9)7-12)14-3-2-4-15-11/h5-6H,2-4,7,12H2,1H3. The third-order valence-electron chi connectivity index (χ3n) is 2.37. The van der Waals surface area contributed by atoms with Gasteiger partial charge in [-0.25, -0.2) is 0 Å². The molecule has 0 unspecified atom stereocenters. The molecule has 0 bridgehead atoms.